The van der Waals surface area contributed by atoms with Gasteiger partial charge in [-0.3, -0.25) is 14.4 Å². The van der Waals surface area contributed by atoms with Crippen molar-refractivity contribution >= 4 is 29.8 Å². The monoisotopic (exact) mass is 419 g/mol. The Morgan fingerprint density at radius 2 is 1.63 bits per heavy atom. The lowest BCUT2D eigenvalue weighted by atomic mass is 9.49. The molecule has 4 bridgehead atoms. The Kier molecular flexibility index (Phi) is 6.93. The third-order valence-electron chi connectivity index (χ3n) is 6.74. The third-order valence-corrected chi connectivity index (χ3v) is 6.74. The van der Waals surface area contributed by atoms with Crippen molar-refractivity contribution < 1.29 is 23.9 Å². The van der Waals surface area contributed by atoms with Crippen LogP contribution in [0.1, 0.15) is 65.2 Å². The first kappa shape index (κ1) is 22.4. The number of ether oxygens (including phenoxy) is 1. The number of amides is 2. The van der Waals surface area contributed by atoms with Crippen LogP contribution in [0.5, 0.6) is 0 Å². The topological polar surface area (TPSA) is 125 Å². The summed E-state index contributed by atoms with van der Waals surface area (Å²) in [4.78, 5) is 49.1. The van der Waals surface area contributed by atoms with E-state index in [1.54, 1.807) is 13.8 Å². The largest absolute Gasteiger partial charge is 0.461 e. The fourth-order valence-electron chi connectivity index (χ4n) is 5.90. The van der Waals surface area contributed by atoms with Gasteiger partial charge in [-0.2, -0.15) is 0 Å². The first-order valence-electron chi connectivity index (χ1n) is 11.0. The van der Waals surface area contributed by atoms with Gasteiger partial charge >= 0.3 is 5.97 Å². The summed E-state index contributed by atoms with van der Waals surface area (Å²) in [5, 5.41) is 12.3. The van der Waals surface area contributed by atoms with Crippen LogP contribution in [0.15, 0.2) is 0 Å². The Balaban J connectivity index is 1.53. The van der Waals surface area contributed by atoms with Crippen molar-refractivity contribution in [3.8, 4) is 0 Å². The highest BCUT2D eigenvalue weighted by molar-refractivity contribution is 6.26. The maximum absolute atomic E-state index is 13.0. The second-order valence-corrected chi connectivity index (χ2v) is 9.64. The smallest absolute Gasteiger partial charge is 0.328 e. The molecular weight excluding hydrogens is 386 g/mol. The molecule has 30 heavy (non-hydrogen) atoms. The lowest BCUT2D eigenvalue weighted by molar-refractivity contribution is -0.151. The maximum Gasteiger partial charge on any atom is 0.328 e. The molecule has 4 rings (SSSR count). The van der Waals surface area contributed by atoms with Gasteiger partial charge in [-0.1, -0.05) is 0 Å². The van der Waals surface area contributed by atoms with Crippen molar-refractivity contribution in [2.75, 3.05) is 6.54 Å². The lowest BCUT2D eigenvalue weighted by Gasteiger charge is -2.55. The summed E-state index contributed by atoms with van der Waals surface area (Å²) >= 11 is 0. The van der Waals surface area contributed by atoms with Crippen molar-refractivity contribution in [2.45, 2.75) is 77.4 Å². The molecular formula is C22H33N3O5. The molecule has 3 N–H and O–H groups in total. The summed E-state index contributed by atoms with van der Waals surface area (Å²) in [6.45, 7) is 3.20. The minimum Gasteiger partial charge on any atom is -0.461 e. The predicted octanol–water partition coefficient (Wildman–Crippen LogP) is 1.75. The summed E-state index contributed by atoms with van der Waals surface area (Å²) < 4.78 is 5.16. The number of carbonyl (C=O) groups excluding carboxylic acids is 4. The van der Waals surface area contributed by atoms with E-state index in [-0.39, 0.29) is 36.8 Å². The second kappa shape index (κ2) is 9.27. The van der Waals surface area contributed by atoms with Crippen LogP contribution >= 0.6 is 0 Å². The number of hydrogen-bond donors (Lipinski definition) is 3. The van der Waals surface area contributed by atoms with Crippen LogP contribution in [0, 0.1) is 28.6 Å². The number of nitrogens with one attached hydrogen (secondary N) is 3. The summed E-state index contributed by atoms with van der Waals surface area (Å²) in [5.74, 6) is 0.329. The van der Waals surface area contributed by atoms with E-state index in [4.69, 9.17) is 10.1 Å². The van der Waals surface area contributed by atoms with Crippen LogP contribution in [0.4, 0.5) is 0 Å². The first-order valence-corrected chi connectivity index (χ1v) is 11.0. The zero-order chi connectivity index (χ0) is 21.9. The highest BCUT2D eigenvalue weighted by atomic mass is 16.5. The fourth-order valence-corrected chi connectivity index (χ4v) is 5.90. The van der Waals surface area contributed by atoms with Crippen molar-refractivity contribution in [1.29, 1.82) is 5.41 Å². The summed E-state index contributed by atoms with van der Waals surface area (Å²) in [6.07, 6.45) is 6.81. The molecule has 0 heterocycles. The van der Waals surface area contributed by atoms with Crippen LogP contribution < -0.4 is 10.6 Å². The molecule has 166 valence electrons. The highest BCUT2D eigenvalue weighted by Crippen LogP contribution is 2.60. The standard InChI is InChI=1S/C22H33N3O5/c1-13(2)30-20(28)18(4-3-17(26)11-23)25-19(27)12-24-21(29)22-8-14-5-15(9-22)7-16(6-14)10-22/h11,13-16,18,23H,3-10,12H2,1-2H3,(H,24,29)(H,25,27). The Hall–Kier alpha value is -2.25. The lowest BCUT2D eigenvalue weighted by Crippen LogP contribution is -2.55. The Labute approximate surface area is 177 Å². The molecule has 0 aliphatic heterocycles. The molecule has 4 aliphatic rings. The van der Waals surface area contributed by atoms with Crippen molar-refractivity contribution in [1.82, 2.24) is 10.6 Å². The fraction of sp³-hybridized carbons (Fsp3) is 0.773. The van der Waals surface area contributed by atoms with E-state index in [2.05, 4.69) is 10.6 Å². The number of rotatable bonds is 10. The van der Waals surface area contributed by atoms with Crippen molar-refractivity contribution in [2.24, 2.45) is 23.2 Å². The zero-order valence-electron chi connectivity index (χ0n) is 17.9. The van der Waals surface area contributed by atoms with E-state index >= 15 is 0 Å². The third kappa shape index (κ3) is 5.26. The van der Waals surface area contributed by atoms with Gasteiger partial charge in [0.05, 0.1) is 18.9 Å². The summed E-state index contributed by atoms with van der Waals surface area (Å²) in [5.41, 5.74) is -0.332. The van der Waals surface area contributed by atoms with Gasteiger partial charge < -0.3 is 20.8 Å². The van der Waals surface area contributed by atoms with E-state index in [9.17, 15) is 19.2 Å². The summed E-state index contributed by atoms with van der Waals surface area (Å²) in [6, 6.07) is -0.986. The van der Waals surface area contributed by atoms with Gasteiger partial charge in [0.25, 0.3) is 0 Å². The molecule has 4 saturated carbocycles. The minimum atomic E-state index is -0.986. The van der Waals surface area contributed by atoms with Crippen LogP contribution in [0.3, 0.4) is 0 Å². The molecule has 0 aromatic heterocycles. The molecule has 1 atom stereocenters. The van der Waals surface area contributed by atoms with E-state index in [0.717, 1.165) is 19.3 Å². The van der Waals surface area contributed by atoms with Gasteiger partial charge in [0.15, 0.2) is 5.78 Å². The average molecular weight is 420 g/mol. The van der Waals surface area contributed by atoms with E-state index in [1.165, 1.54) is 19.3 Å². The van der Waals surface area contributed by atoms with Gasteiger partial charge in [-0.15, -0.1) is 0 Å². The van der Waals surface area contributed by atoms with E-state index in [1.807, 2.05) is 0 Å². The van der Waals surface area contributed by atoms with Gasteiger partial charge in [-0.25, -0.2) is 4.79 Å². The number of esters is 1. The molecule has 0 radical (unpaired) electrons. The van der Waals surface area contributed by atoms with Gasteiger partial charge in [-0.05, 0) is 76.5 Å². The van der Waals surface area contributed by atoms with Gasteiger partial charge in [0, 0.05) is 11.8 Å². The molecule has 4 aliphatic carbocycles. The number of hydrogen-bond acceptors (Lipinski definition) is 6. The molecule has 0 aromatic rings. The van der Waals surface area contributed by atoms with E-state index < -0.39 is 23.7 Å². The molecule has 8 heteroatoms. The van der Waals surface area contributed by atoms with Crippen LogP contribution in [0.2, 0.25) is 0 Å². The van der Waals surface area contributed by atoms with Gasteiger partial charge in [0.2, 0.25) is 11.8 Å². The minimum absolute atomic E-state index is 0.0404. The number of carbonyl (C=O) groups is 4. The Bertz CT molecular complexity index is 682. The first-order chi connectivity index (χ1) is 14.2. The number of ketones is 1. The quantitative estimate of drug-likeness (QED) is 0.367. The molecule has 1 unspecified atom stereocenters. The van der Waals surface area contributed by atoms with Crippen LogP contribution in [-0.2, 0) is 23.9 Å². The van der Waals surface area contributed by atoms with Crippen LogP contribution in [-0.4, -0.2) is 48.5 Å². The van der Waals surface area contributed by atoms with E-state index in [0.29, 0.717) is 24.0 Å². The van der Waals surface area contributed by atoms with Crippen LogP contribution in [0.25, 0.3) is 0 Å². The van der Waals surface area contributed by atoms with Gasteiger partial charge in [0.1, 0.15) is 6.04 Å². The molecule has 4 fully saturated rings. The Morgan fingerprint density at radius 3 is 2.13 bits per heavy atom. The zero-order valence-corrected chi connectivity index (χ0v) is 17.9. The molecule has 2 amide bonds. The molecule has 0 aromatic carbocycles. The Morgan fingerprint density at radius 1 is 1.07 bits per heavy atom. The SMILES string of the molecule is CC(C)OC(=O)C(CCC(=O)C=N)NC(=O)CNC(=O)C12CC3CC(CC(C3)C1)C2. The molecule has 8 nitrogen and oxygen atoms in total. The highest BCUT2D eigenvalue weighted by Gasteiger charge is 2.54. The number of Topliss-reactive ketones (excluding diaryl/α,β-unsaturated/α-hetero) is 1. The molecule has 0 spiro atoms. The normalized spacial score (nSPS) is 29.9. The predicted molar refractivity (Wildman–Crippen MR) is 110 cm³/mol. The maximum atomic E-state index is 13.0. The second-order valence-electron chi connectivity index (χ2n) is 9.64. The summed E-state index contributed by atoms with van der Waals surface area (Å²) in [7, 11) is 0. The van der Waals surface area contributed by atoms with Crippen molar-refractivity contribution in [3.63, 3.8) is 0 Å². The molecule has 0 saturated heterocycles. The average Bonchev–Trinajstić information content (AvgIpc) is 2.67. The van der Waals surface area contributed by atoms with Crippen molar-refractivity contribution in [3.05, 3.63) is 0 Å².